The fourth-order valence-corrected chi connectivity index (χ4v) is 3.75. The van der Waals surface area contributed by atoms with Crippen LogP contribution in [0.1, 0.15) is 42.9 Å². The highest BCUT2D eigenvalue weighted by Crippen LogP contribution is 2.32. The number of aromatic nitrogens is 3. The first kappa shape index (κ1) is 10.6. The van der Waals surface area contributed by atoms with Gasteiger partial charge in [0.05, 0.1) is 12.6 Å². The van der Waals surface area contributed by atoms with Gasteiger partial charge in [-0.3, -0.25) is 0 Å². The molecule has 4 nitrogen and oxygen atoms in total. The first-order valence-corrected chi connectivity index (χ1v) is 7.18. The van der Waals surface area contributed by atoms with Crippen molar-refractivity contribution in [3.8, 4) is 0 Å². The maximum atomic E-state index is 9.32. The van der Waals surface area contributed by atoms with Crippen LogP contribution in [0.25, 0.3) is 0 Å². The zero-order valence-electron chi connectivity index (χ0n) is 9.30. The molecule has 3 rings (SSSR count). The Morgan fingerprint density at radius 2 is 2.38 bits per heavy atom. The van der Waals surface area contributed by atoms with Gasteiger partial charge >= 0.3 is 0 Å². The first-order chi connectivity index (χ1) is 7.88. The topological polar surface area (TPSA) is 50.9 Å². The molecule has 0 amide bonds. The number of rotatable bonds is 2. The van der Waals surface area contributed by atoms with Gasteiger partial charge in [0.2, 0.25) is 0 Å². The summed E-state index contributed by atoms with van der Waals surface area (Å²) >= 11 is 1.99. The summed E-state index contributed by atoms with van der Waals surface area (Å²) in [6.07, 6.45) is 4.38. The Balaban J connectivity index is 1.89. The van der Waals surface area contributed by atoms with Gasteiger partial charge in [0, 0.05) is 18.1 Å². The number of aliphatic hydroxyl groups excluding tert-OH is 1. The molecule has 2 unspecified atom stereocenters. The van der Waals surface area contributed by atoms with Gasteiger partial charge in [-0.2, -0.15) is 16.9 Å². The Kier molecular flexibility index (Phi) is 2.90. The summed E-state index contributed by atoms with van der Waals surface area (Å²) in [5, 5.41) is 13.9. The van der Waals surface area contributed by atoms with Crippen molar-refractivity contribution in [3.63, 3.8) is 0 Å². The second kappa shape index (κ2) is 4.37. The van der Waals surface area contributed by atoms with Gasteiger partial charge in [-0.05, 0) is 25.0 Å². The van der Waals surface area contributed by atoms with E-state index in [1.165, 1.54) is 12.2 Å². The highest BCUT2D eigenvalue weighted by Gasteiger charge is 2.27. The SMILES string of the molecule is OCC1CCCc2nc(C3CCSC3)nn21. The molecular formula is C11H17N3OS. The molecule has 1 fully saturated rings. The third-order valence-corrected chi connectivity index (χ3v) is 4.67. The molecule has 0 bridgehead atoms. The van der Waals surface area contributed by atoms with Gasteiger partial charge in [0.1, 0.15) is 5.82 Å². The molecule has 2 atom stereocenters. The molecule has 1 aromatic rings. The smallest absolute Gasteiger partial charge is 0.154 e. The average molecular weight is 239 g/mol. The number of aryl methyl sites for hydroxylation is 1. The van der Waals surface area contributed by atoms with Crippen LogP contribution in [-0.4, -0.2) is 38.0 Å². The molecule has 1 saturated heterocycles. The molecule has 5 heteroatoms. The van der Waals surface area contributed by atoms with Crippen LogP contribution < -0.4 is 0 Å². The van der Waals surface area contributed by atoms with Crippen molar-refractivity contribution >= 4 is 11.8 Å². The monoisotopic (exact) mass is 239 g/mol. The minimum Gasteiger partial charge on any atom is -0.394 e. The lowest BCUT2D eigenvalue weighted by molar-refractivity contribution is 0.194. The number of nitrogens with zero attached hydrogens (tertiary/aromatic N) is 3. The van der Waals surface area contributed by atoms with Crippen LogP contribution in [-0.2, 0) is 6.42 Å². The van der Waals surface area contributed by atoms with Gasteiger partial charge in [-0.15, -0.1) is 0 Å². The maximum absolute atomic E-state index is 9.32. The molecule has 2 aliphatic rings. The fraction of sp³-hybridized carbons (Fsp3) is 0.818. The number of aliphatic hydroxyl groups is 1. The normalized spacial score (nSPS) is 29.3. The van der Waals surface area contributed by atoms with E-state index in [2.05, 4.69) is 10.1 Å². The highest BCUT2D eigenvalue weighted by molar-refractivity contribution is 7.99. The second-order valence-electron chi connectivity index (χ2n) is 4.62. The van der Waals surface area contributed by atoms with E-state index in [0.717, 1.165) is 36.7 Å². The van der Waals surface area contributed by atoms with Gasteiger partial charge < -0.3 is 5.11 Å². The summed E-state index contributed by atoms with van der Waals surface area (Å²) < 4.78 is 1.97. The quantitative estimate of drug-likeness (QED) is 0.847. The van der Waals surface area contributed by atoms with E-state index in [1.807, 2.05) is 16.4 Å². The summed E-state index contributed by atoms with van der Waals surface area (Å²) in [7, 11) is 0. The van der Waals surface area contributed by atoms with Crippen LogP contribution >= 0.6 is 11.8 Å². The predicted molar refractivity (Wildman–Crippen MR) is 63.8 cm³/mol. The summed E-state index contributed by atoms with van der Waals surface area (Å²) in [5.74, 6) is 5.03. The molecule has 0 aromatic carbocycles. The van der Waals surface area contributed by atoms with Gasteiger partial charge in [0.25, 0.3) is 0 Å². The van der Waals surface area contributed by atoms with E-state index in [0.29, 0.717) is 5.92 Å². The van der Waals surface area contributed by atoms with Crippen molar-refractivity contribution in [2.75, 3.05) is 18.1 Å². The van der Waals surface area contributed by atoms with Gasteiger partial charge in [0.15, 0.2) is 5.82 Å². The lowest BCUT2D eigenvalue weighted by Crippen LogP contribution is -2.22. The third-order valence-electron chi connectivity index (χ3n) is 3.51. The molecule has 0 radical (unpaired) electrons. The van der Waals surface area contributed by atoms with Crippen molar-refractivity contribution in [2.45, 2.75) is 37.6 Å². The second-order valence-corrected chi connectivity index (χ2v) is 5.77. The predicted octanol–water partition coefficient (Wildman–Crippen LogP) is 1.37. The van der Waals surface area contributed by atoms with Crippen LogP contribution in [0.15, 0.2) is 0 Å². The Morgan fingerprint density at radius 3 is 3.12 bits per heavy atom. The van der Waals surface area contributed by atoms with E-state index in [9.17, 15) is 5.11 Å². The lowest BCUT2D eigenvalue weighted by atomic mass is 10.1. The summed E-state index contributed by atoms with van der Waals surface area (Å²) in [4.78, 5) is 4.66. The Bertz CT molecular complexity index is 373. The number of thioether (sulfide) groups is 1. The zero-order chi connectivity index (χ0) is 11.0. The summed E-state index contributed by atoms with van der Waals surface area (Å²) in [5.41, 5.74) is 0. The molecule has 1 aromatic heterocycles. The molecule has 88 valence electrons. The van der Waals surface area contributed by atoms with Gasteiger partial charge in [-0.25, -0.2) is 9.67 Å². The third kappa shape index (κ3) is 1.76. The number of hydrogen-bond acceptors (Lipinski definition) is 4. The lowest BCUT2D eigenvalue weighted by Gasteiger charge is -2.20. The molecule has 16 heavy (non-hydrogen) atoms. The average Bonchev–Trinajstić information content (AvgIpc) is 2.96. The Labute approximate surface area is 99.4 Å². The maximum Gasteiger partial charge on any atom is 0.154 e. The number of fused-ring (bicyclic) bond motifs is 1. The van der Waals surface area contributed by atoms with E-state index in [-0.39, 0.29) is 12.6 Å². The molecule has 3 heterocycles. The van der Waals surface area contributed by atoms with Crippen LogP contribution in [0.4, 0.5) is 0 Å². The minimum atomic E-state index is 0.166. The van der Waals surface area contributed by atoms with Gasteiger partial charge in [-0.1, -0.05) is 0 Å². The molecule has 2 aliphatic heterocycles. The Morgan fingerprint density at radius 1 is 1.44 bits per heavy atom. The van der Waals surface area contributed by atoms with Crippen LogP contribution in [0.5, 0.6) is 0 Å². The van der Waals surface area contributed by atoms with E-state index in [1.54, 1.807) is 0 Å². The van der Waals surface area contributed by atoms with E-state index in [4.69, 9.17) is 0 Å². The summed E-state index contributed by atoms with van der Waals surface area (Å²) in [6.45, 7) is 0.190. The highest BCUT2D eigenvalue weighted by atomic mass is 32.2. The van der Waals surface area contributed by atoms with Crippen LogP contribution in [0.2, 0.25) is 0 Å². The molecule has 0 aliphatic carbocycles. The molecule has 0 spiro atoms. The number of hydrogen-bond donors (Lipinski definition) is 1. The Hall–Kier alpha value is -0.550. The molecule has 1 N–H and O–H groups in total. The van der Waals surface area contributed by atoms with Crippen LogP contribution in [0.3, 0.4) is 0 Å². The van der Waals surface area contributed by atoms with Crippen molar-refractivity contribution in [1.82, 2.24) is 14.8 Å². The fourth-order valence-electron chi connectivity index (χ4n) is 2.53. The molecule has 0 saturated carbocycles. The summed E-state index contributed by atoms with van der Waals surface area (Å²) in [6, 6.07) is 0.166. The first-order valence-electron chi connectivity index (χ1n) is 6.02. The molecular weight excluding hydrogens is 222 g/mol. The van der Waals surface area contributed by atoms with Crippen molar-refractivity contribution in [2.24, 2.45) is 0 Å². The van der Waals surface area contributed by atoms with Crippen LogP contribution in [0, 0.1) is 0 Å². The zero-order valence-corrected chi connectivity index (χ0v) is 10.1. The van der Waals surface area contributed by atoms with E-state index >= 15 is 0 Å². The largest absolute Gasteiger partial charge is 0.394 e. The van der Waals surface area contributed by atoms with Crippen molar-refractivity contribution < 1.29 is 5.11 Å². The minimum absolute atomic E-state index is 0.166. The van der Waals surface area contributed by atoms with Crippen molar-refractivity contribution in [3.05, 3.63) is 11.6 Å². The van der Waals surface area contributed by atoms with E-state index < -0.39 is 0 Å². The standard InChI is InChI=1S/C11H17N3OS/c15-6-9-2-1-3-10-12-11(13-14(9)10)8-4-5-16-7-8/h8-9,15H,1-7H2. The van der Waals surface area contributed by atoms with Crippen molar-refractivity contribution in [1.29, 1.82) is 0 Å².